The van der Waals surface area contributed by atoms with Gasteiger partial charge in [0.2, 0.25) is 0 Å². The van der Waals surface area contributed by atoms with Gasteiger partial charge in [0.1, 0.15) is 4.88 Å². The Hall–Kier alpha value is -0.940. The van der Waals surface area contributed by atoms with Crippen LogP contribution in [-0.4, -0.2) is 28.6 Å². The van der Waals surface area contributed by atoms with Crippen LogP contribution in [0.2, 0.25) is 0 Å². The van der Waals surface area contributed by atoms with Crippen LogP contribution in [0.5, 0.6) is 0 Å². The number of thiazole rings is 1. The van der Waals surface area contributed by atoms with Gasteiger partial charge in [0.05, 0.1) is 11.7 Å². The van der Waals surface area contributed by atoms with E-state index in [4.69, 9.17) is 5.11 Å². The number of hydrogen-bond acceptors (Lipinski definition) is 4. The summed E-state index contributed by atoms with van der Waals surface area (Å²) in [6, 6.07) is -0.000370. The van der Waals surface area contributed by atoms with Crippen molar-refractivity contribution in [3.05, 3.63) is 16.6 Å². The zero-order valence-corrected chi connectivity index (χ0v) is 8.17. The highest BCUT2D eigenvalue weighted by molar-refractivity contribution is 7.11. The number of amides is 1. The Labute approximate surface area is 80.6 Å². The Morgan fingerprint density at radius 1 is 1.85 bits per heavy atom. The number of nitrogens with one attached hydrogen (secondary N) is 1. The van der Waals surface area contributed by atoms with E-state index in [-0.39, 0.29) is 18.6 Å². The second-order valence-electron chi connectivity index (χ2n) is 2.75. The van der Waals surface area contributed by atoms with Crippen molar-refractivity contribution in [2.75, 3.05) is 6.61 Å². The van der Waals surface area contributed by atoms with Gasteiger partial charge in [0.15, 0.2) is 0 Å². The van der Waals surface area contributed by atoms with Crippen LogP contribution in [0.15, 0.2) is 11.7 Å². The summed E-state index contributed by atoms with van der Waals surface area (Å²) in [5, 5.41) is 11.4. The Morgan fingerprint density at radius 3 is 3.15 bits per heavy atom. The Kier molecular flexibility index (Phi) is 3.85. The summed E-state index contributed by atoms with van der Waals surface area (Å²) in [4.78, 5) is 15.8. The highest BCUT2D eigenvalue weighted by atomic mass is 32.1. The van der Waals surface area contributed by atoms with Crippen molar-refractivity contribution in [2.45, 2.75) is 19.4 Å². The van der Waals surface area contributed by atoms with Crippen LogP contribution in [-0.2, 0) is 0 Å². The first-order chi connectivity index (χ1) is 6.24. The third-order valence-corrected chi connectivity index (χ3v) is 2.37. The molecule has 1 unspecified atom stereocenters. The molecule has 5 heteroatoms. The van der Waals surface area contributed by atoms with E-state index in [1.54, 1.807) is 5.51 Å². The second-order valence-corrected chi connectivity index (χ2v) is 3.64. The summed E-state index contributed by atoms with van der Waals surface area (Å²) in [5.41, 5.74) is 1.62. The lowest BCUT2D eigenvalue weighted by atomic mass is 10.2. The molecule has 0 saturated carbocycles. The van der Waals surface area contributed by atoms with Gasteiger partial charge in [-0.25, -0.2) is 0 Å². The van der Waals surface area contributed by atoms with Gasteiger partial charge in [0, 0.05) is 12.6 Å². The van der Waals surface area contributed by atoms with Crippen LogP contribution in [0.3, 0.4) is 0 Å². The van der Waals surface area contributed by atoms with E-state index in [0.29, 0.717) is 11.3 Å². The van der Waals surface area contributed by atoms with Gasteiger partial charge in [0.25, 0.3) is 5.91 Å². The lowest BCUT2D eigenvalue weighted by molar-refractivity contribution is 0.0938. The van der Waals surface area contributed by atoms with Crippen molar-refractivity contribution >= 4 is 17.2 Å². The molecule has 0 aliphatic carbocycles. The largest absolute Gasteiger partial charge is 0.396 e. The molecule has 0 aliphatic rings. The normalized spacial score (nSPS) is 12.5. The van der Waals surface area contributed by atoms with E-state index in [2.05, 4.69) is 10.3 Å². The van der Waals surface area contributed by atoms with E-state index < -0.39 is 0 Å². The molecule has 1 aromatic heterocycles. The highest BCUT2D eigenvalue weighted by Gasteiger charge is 2.09. The Bertz CT molecular complexity index is 261. The smallest absolute Gasteiger partial charge is 0.263 e. The molecule has 1 atom stereocenters. The summed E-state index contributed by atoms with van der Waals surface area (Å²) >= 11 is 1.31. The number of aliphatic hydroxyl groups excluding tert-OH is 1. The summed E-state index contributed by atoms with van der Waals surface area (Å²) in [6.45, 7) is 1.94. The molecular weight excluding hydrogens is 188 g/mol. The van der Waals surface area contributed by atoms with E-state index in [1.165, 1.54) is 17.5 Å². The molecule has 0 saturated heterocycles. The fourth-order valence-corrected chi connectivity index (χ4v) is 1.41. The maximum absolute atomic E-state index is 11.4. The molecule has 0 aliphatic heterocycles. The number of carbonyl (C=O) groups excluding carboxylic acids is 1. The number of hydrogen-bond donors (Lipinski definition) is 2. The zero-order valence-electron chi connectivity index (χ0n) is 7.36. The van der Waals surface area contributed by atoms with E-state index >= 15 is 0 Å². The van der Waals surface area contributed by atoms with Crippen molar-refractivity contribution in [1.29, 1.82) is 0 Å². The van der Waals surface area contributed by atoms with Crippen molar-refractivity contribution in [2.24, 2.45) is 0 Å². The number of nitrogens with zero attached hydrogens (tertiary/aromatic N) is 1. The first kappa shape index (κ1) is 10.1. The van der Waals surface area contributed by atoms with Crippen LogP contribution in [0.1, 0.15) is 23.0 Å². The van der Waals surface area contributed by atoms with Gasteiger partial charge in [-0.2, -0.15) is 0 Å². The highest BCUT2D eigenvalue weighted by Crippen LogP contribution is 2.05. The molecule has 0 fully saturated rings. The van der Waals surface area contributed by atoms with Gasteiger partial charge in [-0.1, -0.05) is 0 Å². The fraction of sp³-hybridized carbons (Fsp3) is 0.500. The lowest BCUT2D eigenvalue weighted by Crippen LogP contribution is -2.32. The monoisotopic (exact) mass is 200 g/mol. The van der Waals surface area contributed by atoms with Crippen LogP contribution in [0.25, 0.3) is 0 Å². The number of aromatic nitrogens is 1. The minimum atomic E-state index is -0.122. The minimum absolute atomic E-state index is 0.000370. The van der Waals surface area contributed by atoms with Crippen LogP contribution >= 0.6 is 11.3 Å². The summed E-state index contributed by atoms with van der Waals surface area (Å²) in [6.07, 6.45) is 2.11. The second kappa shape index (κ2) is 4.94. The molecule has 2 N–H and O–H groups in total. The van der Waals surface area contributed by atoms with Crippen molar-refractivity contribution in [3.8, 4) is 0 Å². The standard InChI is InChI=1S/C8H12N2O2S/c1-6(2-3-11)10-8(12)7-4-9-5-13-7/h4-6,11H,2-3H2,1H3,(H,10,12). The Morgan fingerprint density at radius 2 is 2.62 bits per heavy atom. The molecule has 0 radical (unpaired) electrons. The van der Waals surface area contributed by atoms with Crippen LogP contribution in [0, 0.1) is 0 Å². The average Bonchev–Trinajstić information content (AvgIpc) is 2.55. The van der Waals surface area contributed by atoms with Gasteiger partial charge >= 0.3 is 0 Å². The predicted octanol–water partition coefficient (Wildman–Crippen LogP) is 0.644. The van der Waals surface area contributed by atoms with Gasteiger partial charge in [-0.05, 0) is 13.3 Å². The third kappa shape index (κ3) is 3.12. The van der Waals surface area contributed by atoms with E-state index in [0.717, 1.165) is 0 Å². The average molecular weight is 200 g/mol. The van der Waals surface area contributed by atoms with Crippen molar-refractivity contribution in [1.82, 2.24) is 10.3 Å². The third-order valence-electron chi connectivity index (χ3n) is 1.60. The van der Waals surface area contributed by atoms with E-state index in [1.807, 2.05) is 6.92 Å². The maximum atomic E-state index is 11.4. The SMILES string of the molecule is CC(CCO)NC(=O)c1cncs1. The van der Waals surface area contributed by atoms with Gasteiger partial charge in [-0.15, -0.1) is 11.3 Å². The van der Waals surface area contributed by atoms with Gasteiger partial charge < -0.3 is 10.4 Å². The van der Waals surface area contributed by atoms with Crippen LogP contribution < -0.4 is 5.32 Å². The molecule has 4 nitrogen and oxygen atoms in total. The molecule has 0 bridgehead atoms. The Balaban J connectivity index is 2.42. The fourth-order valence-electron chi connectivity index (χ4n) is 0.889. The lowest BCUT2D eigenvalue weighted by Gasteiger charge is -2.10. The predicted molar refractivity (Wildman–Crippen MR) is 50.7 cm³/mol. The summed E-state index contributed by atoms with van der Waals surface area (Å²) in [7, 11) is 0. The van der Waals surface area contributed by atoms with Crippen molar-refractivity contribution < 1.29 is 9.90 Å². The van der Waals surface area contributed by atoms with Gasteiger partial charge in [-0.3, -0.25) is 9.78 Å². The van der Waals surface area contributed by atoms with Crippen LogP contribution in [0.4, 0.5) is 0 Å². The number of aliphatic hydroxyl groups is 1. The molecule has 0 spiro atoms. The molecule has 1 amide bonds. The molecular formula is C8H12N2O2S. The molecule has 1 heterocycles. The molecule has 13 heavy (non-hydrogen) atoms. The summed E-state index contributed by atoms with van der Waals surface area (Å²) in [5.74, 6) is -0.122. The first-order valence-corrected chi connectivity index (χ1v) is 4.92. The quantitative estimate of drug-likeness (QED) is 0.750. The first-order valence-electron chi connectivity index (χ1n) is 4.04. The molecule has 1 rings (SSSR count). The molecule has 72 valence electrons. The summed E-state index contributed by atoms with van der Waals surface area (Å²) < 4.78 is 0. The van der Waals surface area contributed by atoms with Crippen molar-refractivity contribution in [3.63, 3.8) is 0 Å². The zero-order chi connectivity index (χ0) is 9.68. The molecule has 1 aromatic rings. The van der Waals surface area contributed by atoms with E-state index in [9.17, 15) is 4.79 Å². The number of rotatable bonds is 4. The minimum Gasteiger partial charge on any atom is -0.396 e. The number of carbonyl (C=O) groups is 1. The topological polar surface area (TPSA) is 62.2 Å². The molecule has 0 aromatic carbocycles. The maximum Gasteiger partial charge on any atom is 0.263 e.